The van der Waals surface area contributed by atoms with Crippen molar-refractivity contribution in [2.75, 3.05) is 0 Å². The van der Waals surface area contributed by atoms with Crippen molar-refractivity contribution in [2.24, 2.45) is 11.8 Å². The number of phenols is 1. The highest BCUT2D eigenvalue weighted by Crippen LogP contribution is 2.14. The van der Waals surface area contributed by atoms with Crippen molar-refractivity contribution in [1.82, 2.24) is 0 Å². The summed E-state index contributed by atoms with van der Waals surface area (Å²) in [6.07, 6.45) is 0. The number of aliphatic hydroxyl groups excluding tert-OH is 1. The molecular weight excluding hydrogens is 468 g/mol. The molecule has 0 unspecified atom stereocenters. The van der Waals surface area contributed by atoms with Crippen LogP contribution in [-0.2, 0) is 11.3 Å². The minimum atomic E-state index is -0.0457. The molecule has 3 rings (SSSR count). The Morgan fingerprint density at radius 2 is 1.30 bits per heavy atom. The molecule has 2 aromatic carbocycles. The van der Waals surface area contributed by atoms with Crippen LogP contribution in [0.4, 0.5) is 0 Å². The third kappa shape index (κ3) is 17.9. The monoisotopic (exact) mass is 504 g/mol. The van der Waals surface area contributed by atoms with E-state index in [1.165, 1.54) is 0 Å². The van der Waals surface area contributed by atoms with Crippen molar-refractivity contribution >= 4 is 45.9 Å². The number of hydrogen-bond donors (Lipinski definition) is 2. The molecule has 33 heavy (non-hydrogen) atoms. The Bertz CT molecular complexity index is 877. The zero-order valence-electron chi connectivity index (χ0n) is 20.3. The van der Waals surface area contributed by atoms with Crippen LogP contribution in [0.1, 0.15) is 57.5 Å². The van der Waals surface area contributed by atoms with E-state index in [0.29, 0.717) is 17.2 Å². The highest BCUT2D eigenvalue weighted by atomic mass is 32.1. The zero-order valence-corrected chi connectivity index (χ0v) is 22.8. The summed E-state index contributed by atoms with van der Waals surface area (Å²) < 4.78 is 5.47. The fourth-order valence-electron chi connectivity index (χ4n) is 1.79. The van der Waals surface area contributed by atoms with E-state index in [4.69, 9.17) is 27.2 Å². The summed E-state index contributed by atoms with van der Waals surface area (Å²) in [5, 5.41) is 20.3. The fourth-order valence-corrected chi connectivity index (χ4v) is 2.74. The molecule has 3 aromatic rings. The molecule has 0 atom stereocenters. The Kier molecular flexibility index (Phi) is 16.9. The van der Waals surface area contributed by atoms with Crippen LogP contribution in [0, 0.1) is 11.8 Å². The lowest BCUT2D eigenvalue weighted by Gasteiger charge is -2.06. The SMILES string of the molecule is CC(C)C.CC(C)C.OC(=S)c1ccccc1.Oc1ccc(C(=S)OCc2cccs2)cc1. The second kappa shape index (κ2) is 18.2. The molecule has 0 spiro atoms. The van der Waals surface area contributed by atoms with Gasteiger partial charge in [0.25, 0.3) is 0 Å². The maximum absolute atomic E-state index is 9.14. The van der Waals surface area contributed by atoms with Gasteiger partial charge in [-0.3, -0.25) is 0 Å². The first kappa shape index (κ1) is 30.7. The van der Waals surface area contributed by atoms with E-state index in [0.717, 1.165) is 22.3 Å². The quantitative estimate of drug-likeness (QED) is 0.348. The minimum absolute atomic E-state index is 0.0457. The van der Waals surface area contributed by atoms with Crippen molar-refractivity contribution < 1.29 is 14.9 Å². The van der Waals surface area contributed by atoms with E-state index in [2.05, 4.69) is 53.8 Å². The molecule has 0 bridgehead atoms. The minimum Gasteiger partial charge on any atom is -0.508 e. The Hall–Kier alpha value is -2.28. The lowest BCUT2D eigenvalue weighted by Crippen LogP contribution is -2.02. The van der Waals surface area contributed by atoms with E-state index in [9.17, 15) is 0 Å². The standard InChI is InChI=1S/C12H10O2S2.C7H6OS.2C4H10/c13-10-5-3-9(4-6-10)12(15)14-8-11-2-1-7-16-11;8-7(9)6-4-2-1-3-5-6;2*1-4(2)3/h1-7,13H,8H2;1-5H,(H,8,9);2*4H,1-3H3. The van der Waals surface area contributed by atoms with Crippen LogP contribution in [0.5, 0.6) is 5.75 Å². The van der Waals surface area contributed by atoms with E-state index < -0.39 is 0 Å². The summed E-state index contributed by atoms with van der Waals surface area (Å²) >= 11 is 11.3. The molecule has 3 nitrogen and oxygen atoms in total. The topological polar surface area (TPSA) is 49.7 Å². The van der Waals surface area contributed by atoms with Gasteiger partial charge >= 0.3 is 0 Å². The predicted molar refractivity (Wildman–Crippen MR) is 151 cm³/mol. The first-order valence-corrected chi connectivity index (χ1v) is 12.5. The summed E-state index contributed by atoms with van der Waals surface area (Å²) in [4.78, 5) is 1.14. The second-order valence-electron chi connectivity index (χ2n) is 8.34. The van der Waals surface area contributed by atoms with Gasteiger partial charge in [-0.15, -0.1) is 11.3 Å². The van der Waals surface area contributed by atoms with Crippen molar-refractivity contribution in [2.45, 2.75) is 48.1 Å². The van der Waals surface area contributed by atoms with Gasteiger partial charge in [-0.1, -0.05) is 77.9 Å². The largest absolute Gasteiger partial charge is 0.508 e. The first-order valence-electron chi connectivity index (χ1n) is 10.8. The lowest BCUT2D eigenvalue weighted by atomic mass is 10.2. The van der Waals surface area contributed by atoms with E-state index in [1.54, 1.807) is 47.7 Å². The van der Waals surface area contributed by atoms with Gasteiger partial charge in [0, 0.05) is 16.0 Å². The molecule has 0 aliphatic rings. The normalized spacial score (nSPS) is 9.45. The molecule has 0 saturated heterocycles. The number of benzene rings is 2. The van der Waals surface area contributed by atoms with Gasteiger partial charge in [-0.05, 0) is 72.0 Å². The average Bonchev–Trinajstić information content (AvgIpc) is 3.26. The summed E-state index contributed by atoms with van der Waals surface area (Å²) in [5.41, 5.74) is 1.51. The van der Waals surface area contributed by atoms with E-state index in [-0.39, 0.29) is 10.8 Å². The van der Waals surface area contributed by atoms with Gasteiger partial charge in [-0.25, -0.2) is 0 Å². The molecule has 0 aliphatic heterocycles. The fraction of sp³-hybridized carbons (Fsp3) is 0.333. The Balaban J connectivity index is 0.000000506. The van der Waals surface area contributed by atoms with Crippen molar-refractivity contribution in [3.8, 4) is 5.75 Å². The number of thiophene rings is 1. The van der Waals surface area contributed by atoms with Gasteiger partial charge in [0.2, 0.25) is 0 Å². The molecule has 6 heteroatoms. The summed E-state index contributed by atoms with van der Waals surface area (Å²) in [5.74, 6) is 1.89. The van der Waals surface area contributed by atoms with Crippen LogP contribution >= 0.6 is 35.8 Å². The molecule has 0 radical (unpaired) electrons. The lowest BCUT2D eigenvalue weighted by molar-refractivity contribution is 0.306. The van der Waals surface area contributed by atoms with Crippen molar-refractivity contribution in [3.63, 3.8) is 0 Å². The van der Waals surface area contributed by atoms with Crippen LogP contribution in [0.3, 0.4) is 0 Å². The molecule has 0 amide bonds. The van der Waals surface area contributed by atoms with Gasteiger partial charge < -0.3 is 14.9 Å². The Morgan fingerprint density at radius 3 is 1.70 bits per heavy atom. The number of thiocarbonyl (C=S) groups is 2. The zero-order chi connectivity index (χ0) is 25.2. The van der Waals surface area contributed by atoms with Crippen molar-refractivity contribution in [3.05, 3.63) is 88.1 Å². The first-order chi connectivity index (χ1) is 15.5. The van der Waals surface area contributed by atoms with Crippen LogP contribution in [0.2, 0.25) is 0 Å². The van der Waals surface area contributed by atoms with Crippen LogP contribution in [0.15, 0.2) is 72.1 Å². The molecule has 0 fully saturated rings. The second-order valence-corrected chi connectivity index (χ2v) is 10.1. The summed E-state index contributed by atoms with van der Waals surface area (Å²) in [7, 11) is 0. The Morgan fingerprint density at radius 1 is 0.788 bits per heavy atom. The third-order valence-corrected chi connectivity index (χ3v) is 4.49. The molecule has 1 aromatic heterocycles. The molecule has 0 aliphatic carbocycles. The van der Waals surface area contributed by atoms with Crippen LogP contribution in [0.25, 0.3) is 0 Å². The average molecular weight is 505 g/mol. The van der Waals surface area contributed by atoms with Gasteiger partial charge in [0.15, 0.2) is 10.1 Å². The summed E-state index contributed by atoms with van der Waals surface area (Å²) in [6.45, 7) is 13.5. The molecule has 0 saturated carbocycles. The maximum atomic E-state index is 9.14. The van der Waals surface area contributed by atoms with Crippen LogP contribution < -0.4 is 0 Å². The summed E-state index contributed by atoms with van der Waals surface area (Å²) in [6, 6.07) is 19.7. The molecule has 180 valence electrons. The van der Waals surface area contributed by atoms with Gasteiger partial charge in [0.05, 0.1) is 0 Å². The predicted octanol–water partition coefficient (Wildman–Crippen LogP) is 8.59. The molecular formula is C27H36O3S3. The van der Waals surface area contributed by atoms with Gasteiger partial charge in [-0.2, -0.15) is 0 Å². The number of rotatable bonds is 4. The number of aromatic hydroxyl groups is 1. The molecule has 2 N–H and O–H groups in total. The van der Waals surface area contributed by atoms with E-state index >= 15 is 0 Å². The Labute approximate surface area is 214 Å². The number of phenolic OH excluding ortho intramolecular Hbond substituents is 1. The number of aliphatic hydroxyl groups is 1. The van der Waals surface area contributed by atoms with Gasteiger partial charge in [0.1, 0.15) is 12.4 Å². The third-order valence-electron chi connectivity index (χ3n) is 3.05. The molecule has 1 heterocycles. The van der Waals surface area contributed by atoms with Crippen LogP contribution in [-0.4, -0.2) is 20.3 Å². The number of hydrogen-bond acceptors (Lipinski definition) is 5. The smallest absolute Gasteiger partial charge is 0.191 e. The van der Waals surface area contributed by atoms with Crippen molar-refractivity contribution in [1.29, 1.82) is 0 Å². The maximum Gasteiger partial charge on any atom is 0.191 e. The highest BCUT2D eigenvalue weighted by Gasteiger charge is 2.03. The van der Waals surface area contributed by atoms with E-state index in [1.807, 2.05) is 35.7 Å². The number of ether oxygens (including phenoxy) is 1. The highest BCUT2D eigenvalue weighted by molar-refractivity contribution is 7.80.